The van der Waals surface area contributed by atoms with Crippen molar-refractivity contribution in [3.63, 3.8) is 0 Å². The number of phenolic OH excluding ortho intramolecular Hbond substituents is 1. The Morgan fingerprint density at radius 2 is 1.67 bits per heavy atom. The van der Waals surface area contributed by atoms with Crippen molar-refractivity contribution in [2.45, 2.75) is 0 Å². The maximum Gasteiger partial charge on any atom is 0.276 e. The van der Waals surface area contributed by atoms with Crippen LogP contribution >= 0.6 is 0 Å². The highest BCUT2D eigenvalue weighted by Crippen LogP contribution is 2.18. The zero-order valence-corrected chi connectivity index (χ0v) is 13.9. The number of phenols is 1. The summed E-state index contributed by atoms with van der Waals surface area (Å²) < 4.78 is 14.4. The minimum absolute atomic E-state index is 0.112. The van der Waals surface area contributed by atoms with Gasteiger partial charge in [-0.15, -0.1) is 5.10 Å². The molecular weight excluding hydrogens is 349 g/mol. The summed E-state index contributed by atoms with van der Waals surface area (Å²) in [5.41, 5.74) is 1.96. The Kier molecular flexibility index (Phi) is 4.13. The van der Waals surface area contributed by atoms with Crippen molar-refractivity contribution in [1.29, 1.82) is 0 Å². The van der Waals surface area contributed by atoms with E-state index in [0.29, 0.717) is 22.8 Å². The molecule has 4 rings (SSSR count). The van der Waals surface area contributed by atoms with E-state index in [1.807, 2.05) is 0 Å². The first kappa shape index (κ1) is 16.5. The monoisotopic (exact) mass is 363 g/mol. The molecule has 0 fully saturated rings. The molecule has 0 saturated heterocycles. The van der Waals surface area contributed by atoms with Crippen LogP contribution in [0.2, 0.25) is 0 Å². The number of imidazole rings is 1. The van der Waals surface area contributed by atoms with E-state index in [0.717, 1.165) is 0 Å². The van der Waals surface area contributed by atoms with Gasteiger partial charge in [-0.1, -0.05) is 0 Å². The standard InChI is InChI=1S/C19H14FN5O2/c20-12-1-3-13(4-2-12)22-17-9-10-18-21-11-16(25(18)24-17)19(27)23-14-5-7-15(26)8-6-14/h1-11,26H,(H,22,24)(H,23,27). The predicted molar refractivity (Wildman–Crippen MR) is 98.7 cm³/mol. The van der Waals surface area contributed by atoms with Gasteiger partial charge in [-0.2, -0.15) is 0 Å². The third kappa shape index (κ3) is 3.54. The number of amides is 1. The van der Waals surface area contributed by atoms with Crippen molar-refractivity contribution in [2.75, 3.05) is 10.6 Å². The third-order valence-corrected chi connectivity index (χ3v) is 3.84. The van der Waals surface area contributed by atoms with Crippen LogP contribution in [0.25, 0.3) is 5.65 Å². The summed E-state index contributed by atoms with van der Waals surface area (Å²) >= 11 is 0. The second kappa shape index (κ2) is 6.75. The molecule has 4 aromatic rings. The van der Waals surface area contributed by atoms with Crippen LogP contribution in [0.3, 0.4) is 0 Å². The summed E-state index contributed by atoms with van der Waals surface area (Å²) in [6.07, 6.45) is 1.43. The van der Waals surface area contributed by atoms with Crippen LogP contribution in [0.15, 0.2) is 66.9 Å². The molecule has 2 aromatic carbocycles. The summed E-state index contributed by atoms with van der Waals surface area (Å²) in [6.45, 7) is 0. The molecule has 0 saturated carbocycles. The van der Waals surface area contributed by atoms with Gasteiger partial charge in [0.1, 0.15) is 11.6 Å². The molecule has 1 amide bonds. The number of hydrogen-bond donors (Lipinski definition) is 3. The van der Waals surface area contributed by atoms with E-state index in [4.69, 9.17) is 0 Å². The first-order valence-electron chi connectivity index (χ1n) is 8.06. The van der Waals surface area contributed by atoms with E-state index in [9.17, 15) is 14.3 Å². The first-order chi connectivity index (χ1) is 13.1. The summed E-state index contributed by atoms with van der Waals surface area (Å²) in [4.78, 5) is 16.7. The molecule has 0 aliphatic heterocycles. The Labute approximate surface area is 153 Å². The second-order valence-corrected chi connectivity index (χ2v) is 5.76. The SMILES string of the molecule is O=C(Nc1ccc(O)cc1)c1cnc2ccc(Nc3ccc(F)cc3)nn12. The van der Waals surface area contributed by atoms with E-state index in [2.05, 4.69) is 20.7 Å². The molecule has 3 N–H and O–H groups in total. The molecule has 0 aliphatic rings. The van der Waals surface area contributed by atoms with Crippen LogP contribution in [0, 0.1) is 5.82 Å². The fourth-order valence-corrected chi connectivity index (χ4v) is 2.52. The molecule has 0 spiro atoms. The number of benzene rings is 2. The van der Waals surface area contributed by atoms with Crippen LogP contribution in [0.4, 0.5) is 21.6 Å². The lowest BCUT2D eigenvalue weighted by Crippen LogP contribution is -2.15. The fourth-order valence-electron chi connectivity index (χ4n) is 2.52. The van der Waals surface area contributed by atoms with Gasteiger partial charge >= 0.3 is 0 Å². The van der Waals surface area contributed by atoms with Crippen molar-refractivity contribution in [3.8, 4) is 5.75 Å². The summed E-state index contributed by atoms with van der Waals surface area (Å²) in [6, 6.07) is 15.4. The summed E-state index contributed by atoms with van der Waals surface area (Å²) in [5.74, 6) is -0.127. The largest absolute Gasteiger partial charge is 0.508 e. The van der Waals surface area contributed by atoms with Crippen molar-refractivity contribution >= 4 is 28.7 Å². The molecule has 0 atom stereocenters. The van der Waals surface area contributed by atoms with Gasteiger partial charge in [0.15, 0.2) is 17.2 Å². The number of aromatic nitrogens is 3. The molecule has 2 aromatic heterocycles. The minimum Gasteiger partial charge on any atom is -0.508 e. The van der Waals surface area contributed by atoms with E-state index in [1.165, 1.54) is 35.0 Å². The van der Waals surface area contributed by atoms with Gasteiger partial charge in [0.25, 0.3) is 5.91 Å². The van der Waals surface area contributed by atoms with Crippen LogP contribution < -0.4 is 10.6 Å². The van der Waals surface area contributed by atoms with Gasteiger partial charge in [-0.05, 0) is 60.7 Å². The molecule has 0 aliphatic carbocycles. The number of rotatable bonds is 4. The number of anilines is 3. The average Bonchev–Trinajstić information content (AvgIpc) is 3.09. The van der Waals surface area contributed by atoms with E-state index >= 15 is 0 Å². The van der Waals surface area contributed by atoms with Crippen molar-refractivity contribution in [2.24, 2.45) is 0 Å². The molecule has 0 unspecified atom stereocenters. The molecule has 7 nitrogen and oxygen atoms in total. The zero-order valence-electron chi connectivity index (χ0n) is 13.9. The van der Waals surface area contributed by atoms with Crippen LogP contribution in [0.5, 0.6) is 5.75 Å². The topological polar surface area (TPSA) is 91.5 Å². The smallest absolute Gasteiger partial charge is 0.276 e. The maximum atomic E-state index is 13.0. The molecule has 8 heteroatoms. The van der Waals surface area contributed by atoms with Crippen molar-refractivity contribution in [3.05, 3.63) is 78.4 Å². The lowest BCUT2D eigenvalue weighted by molar-refractivity contribution is 0.102. The number of aromatic hydroxyl groups is 1. The number of fused-ring (bicyclic) bond motifs is 1. The molecule has 2 heterocycles. The Morgan fingerprint density at radius 3 is 2.41 bits per heavy atom. The highest BCUT2D eigenvalue weighted by Gasteiger charge is 2.14. The highest BCUT2D eigenvalue weighted by atomic mass is 19.1. The fraction of sp³-hybridized carbons (Fsp3) is 0. The third-order valence-electron chi connectivity index (χ3n) is 3.84. The van der Waals surface area contributed by atoms with Gasteiger partial charge < -0.3 is 15.7 Å². The lowest BCUT2D eigenvalue weighted by atomic mass is 10.3. The molecular formula is C19H14FN5O2. The van der Waals surface area contributed by atoms with E-state index in [-0.39, 0.29) is 23.2 Å². The van der Waals surface area contributed by atoms with Gasteiger partial charge in [0.05, 0.1) is 6.20 Å². The van der Waals surface area contributed by atoms with E-state index in [1.54, 1.807) is 36.4 Å². The van der Waals surface area contributed by atoms with E-state index < -0.39 is 0 Å². The Bertz CT molecular complexity index is 1110. The van der Waals surface area contributed by atoms with Gasteiger partial charge in [-0.25, -0.2) is 13.9 Å². The summed E-state index contributed by atoms with van der Waals surface area (Å²) in [7, 11) is 0. The molecule has 0 bridgehead atoms. The lowest BCUT2D eigenvalue weighted by Gasteiger charge is -2.08. The van der Waals surface area contributed by atoms with Crippen molar-refractivity contribution < 1.29 is 14.3 Å². The predicted octanol–water partition coefficient (Wildman–Crippen LogP) is 3.57. The Hall–Kier alpha value is -3.94. The van der Waals surface area contributed by atoms with Gasteiger partial charge in [0, 0.05) is 11.4 Å². The minimum atomic E-state index is -0.389. The number of carbonyl (C=O) groups excluding carboxylic acids is 1. The zero-order chi connectivity index (χ0) is 18.8. The normalized spacial score (nSPS) is 10.7. The number of carbonyl (C=O) groups is 1. The highest BCUT2D eigenvalue weighted by molar-refractivity contribution is 6.03. The summed E-state index contributed by atoms with van der Waals surface area (Å²) in [5, 5.41) is 19.5. The van der Waals surface area contributed by atoms with Gasteiger partial charge in [-0.3, -0.25) is 4.79 Å². The average molecular weight is 363 g/mol. The first-order valence-corrected chi connectivity index (χ1v) is 8.06. The van der Waals surface area contributed by atoms with Gasteiger partial charge in [0.2, 0.25) is 0 Å². The quantitative estimate of drug-likeness (QED) is 0.482. The van der Waals surface area contributed by atoms with Crippen molar-refractivity contribution in [1.82, 2.24) is 14.6 Å². The number of hydrogen-bond acceptors (Lipinski definition) is 5. The second-order valence-electron chi connectivity index (χ2n) is 5.76. The molecule has 134 valence electrons. The maximum absolute atomic E-state index is 13.0. The van der Waals surface area contributed by atoms with Crippen LogP contribution in [-0.4, -0.2) is 25.6 Å². The molecule has 0 radical (unpaired) electrons. The Balaban J connectivity index is 1.60. The van der Waals surface area contributed by atoms with Crippen LogP contribution in [0.1, 0.15) is 10.5 Å². The molecule has 27 heavy (non-hydrogen) atoms. The number of halogens is 1. The Morgan fingerprint density at radius 1 is 0.963 bits per heavy atom. The number of nitrogens with zero attached hydrogens (tertiary/aromatic N) is 3. The van der Waals surface area contributed by atoms with Crippen LogP contribution in [-0.2, 0) is 0 Å². The number of nitrogens with one attached hydrogen (secondary N) is 2.